The molecule has 3 rings (SSSR count). The van der Waals surface area contributed by atoms with Gasteiger partial charge in [-0.05, 0) is 86.6 Å². The summed E-state index contributed by atoms with van der Waals surface area (Å²) in [6, 6.07) is 6.07. The lowest BCUT2D eigenvalue weighted by Gasteiger charge is -2.27. The van der Waals surface area contributed by atoms with Gasteiger partial charge in [0.05, 0.1) is 18.2 Å². The summed E-state index contributed by atoms with van der Waals surface area (Å²) in [5.74, 6) is -7.52. The number of nitrogens with two attached hydrogens (primary N) is 1. The van der Waals surface area contributed by atoms with E-state index in [9.17, 15) is 53.4 Å². The maximum Gasteiger partial charge on any atom is 0.326 e. The van der Waals surface area contributed by atoms with Gasteiger partial charge in [0.15, 0.2) is 0 Å². The fraction of sp³-hybridized carbons (Fsp3) is 0.540. The molecule has 14 N–H and O–H groups in total. The smallest absolute Gasteiger partial charge is 0.326 e. The molecule has 8 atom stereocenters. The van der Waals surface area contributed by atoms with Crippen molar-refractivity contribution in [3.05, 3.63) is 71.4 Å². The number of aromatic nitrogens is 1. The largest absolute Gasteiger partial charge is 0.481 e. The molecule has 2 aromatic carbocycles. The number of aliphatic hydroxyl groups excluding tert-OH is 1. The van der Waals surface area contributed by atoms with Gasteiger partial charge in [-0.3, -0.25) is 38.4 Å². The zero-order valence-corrected chi connectivity index (χ0v) is 42.3. The number of rotatable bonds is 30. The van der Waals surface area contributed by atoms with Crippen molar-refractivity contribution in [2.45, 2.75) is 142 Å². The van der Waals surface area contributed by atoms with Crippen LogP contribution in [0.2, 0.25) is 0 Å². The Balaban J connectivity index is 1.68. The molecule has 0 spiro atoms. The predicted molar refractivity (Wildman–Crippen MR) is 268 cm³/mol. The van der Waals surface area contributed by atoms with Gasteiger partial charge in [0, 0.05) is 48.7 Å². The van der Waals surface area contributed by atoms with Crippen molar-refractivity contribution in [3.8, 4) is 0 Å². The zero-order valence-electron chi connectivity index (χ0n) is 42.3. The van der Waals surface area contributed by atoms with E-state index in [4.69, 9.17) is 10.8 Å². The maximum absolute atomic E-state index is 13.9. The summed E-state index contributed by atoms with van der Waals surface area (Å²) >= 11 is 0. The van der Waals surface area contributed by atoms with Gasteiger partial charge < -0.3 is 68.6 Å². The van der Waals surface area contributed by atoms with Gasteiger partial charge in [-0.25, -0.2) is 4.79 Å². The van der Waals surface area contributed by atoms with Gasteiger partial charge in [-0.15, -0.1) is 0 Å². The number of benzene rings is 2. The van der Waals surface area contributed by atoms with Crippen molar-refractivity contribution in [1.29, 1.82) is 0 Å². The molecule has 8 unspecified atom stereocenters. The number of aliphatic hydroxyl groups is 1. The molecule has 0 fully saturated rings. The quantitative estimate of drug-likeness (QED) is 0.0406. The molecule has 22 nitrogen and oxygen atoms in total. The van der Waals surface area contributed by atoms with Gasteiger partial charge in [-0.1, -0.05) is 71.9 Å². The van der Waals surface area contributed by atoms with E-state index in [1.54, 1.807) is 32.0 Å². The zero-order chi connectivity index (χ0) is 53.8. The standard InChI is InChI=1S/C50H74N10O12/c1-26(2)20-38(58-45(66)35(51)16-17-40(62)63)47(68)56-29(7)43(64)53-19-18-52-37(23-33-25-54-36-15-10-9-14-34(33)36)46(67)55-24-31-12-11-13-32(22-31)44(65)57-39(21-27(3)4)48(69)60-42(30(8)61)49(70)59-41(28(5)6)50(71)72/h9-15,22,25-30,35,37-39,41-42,52,54,61H,16-21,23-24,51H2,1-8H3,(H,53,64)(H,55,67)(H,56,68)(H,57,65)(H,58,66)(H,59,70)(H,60,69)(H,62,63)(H,71,72). The third-order valence-electron chi connectivity index (χ3n) is 11.6. The lowest BCUT2D eigenvalue weighted by atomic mass is 10.0. The molecule has 0 aliphatic rings. The number of amides is 7. The van der Waals surface area contributed by atoms with Crippen molar-refractivity contribution >= 4 is 64.2 Å². The maximum atomic E-state index is 13.9. The first-order chi connectivity index (χ1) is 33.9. The summed E-state index contributed by atoms with van der Waals surface area (Å²) in [5.41, 5.74) is 8.29. The molecule has 22 heteroatoms. The van der Waals surface area contributed by atoms with Crippen molar-refractivity contribution < 1.29 is 58.5 Å². The van der Waals surface area contributed by atoms with Gasteiger partial charge in [-0.2, -0.15) is 0 Å². The third kappa shape index (κ3) is 19.4. The van der Waals surface area contributed by atoms with Crippen LogP contribution in [0.5, 0.6) is 0 Å². The van der Waals surface area contributed by atoms with Crippen LogP contribution in [-0.4, -0.2) is 135 Å². The average Bonchev–Trinajstić information content (AvgIpc) is 3.72. The van der Waals surface area contributed by atoms with Crippen LogP contribution in [0.3, 0.4) is 0 Å². The molecule has 0 radical (unpaired) electrons. The Morgan fingerprint density at radius 1 is 0.639 bits per heavy atom. The Morgan fingerprint density at radius 2 is 1.26 bits per heavy atom. The molecule has 1 aromatic heterocycles. The number of hydrogen-bond acceptors (Lipinski definition) is 12. The van der Waals surface area contributed by atoms with E-state index in [1.807, 2.05) is 58.2 Å². The van der Waals surface area contributed by atoms with Crippen LogP contribution < -0.4 is 48.3 Å². The molecule has 3 aromatic rings. The molecular weight excluding hydrogens is 933 g/mol. The highest BCUT2D eigenvalue weighted by Crippen LogP contribution is 2.20. The SMILES string of the molecule is CC(C)CC(NC(=O)c1cccc(CNC(=O)C(Cc2c[nH]c3ccccc23)NCCNC(=O)C(C)NC(=O)C(CC(C)C)NC(=O)C(N)CCC(=O)O)c1)C(=O)NC(C(=O)NC(C(=O)O)C(C)C)C(C)O. The summed E-state index contributed by atoms with van der Waals surface area (Å²) in [4.78, 5) is 119. The normalized spacial score (nSPS) is 14.7. The molecule has 0 bridgehead atoms. The Kier molecular flexibility index (Phi) is 23.8. The van der Waals surface area contributed by atoms with Crippen molar-refractivity contribution in [2.75, 3.05) is 13.1 Å². The Labute approximate surface area is 419 Å². The van der Waals surface area contributed by atoms with E-state index in [1.165, 1.54) is 19.9 Å². The first kappa shape index (κ1) is 59.4. The fourth-order valence-corrected chi connectivity index (χ4v) is 7.63. The minimum atomic E-state index is -1.52. The molecule has 0 saturated heterocycles. The van der Waals surface area contributed by atoms with E-state index >= 15 is 0 Å². The summed E-state index contributed by atoms with van der Waals surface area (Å²) in [5, 5.41) is 51.4. The predicted octanol–water partition coefficient (Wildman–Crippen LogP) is 0.564. The van der Waals surface area contributed by atoms with Crippen LogP contribution in [0, 0.1) is 17.8 Å². The highest BCUT2D eigenvalue weighted by atomic mass is 16.4. The fourth-order valence-electron chi connectivity index (χ4n) is 7.63. The summed E-state index contributed by atoms with van der Waals surface area (Å²) in [6.07, 6.45) is 0.604. The highest BCUT2D eigenvalue weighted by Gasteiger charge is 2.34. The van der Waals surface area contributed by atoms with Crippen LogP contribution in [0.25, 0.3) is 10.9 Å². The van der Waals surface area contributed by atoms with Gasteiger partial charge >= 0.3 is 11.9 Å². The second-order valence-electron chi connectivity index (χ2n) is 19.2. The number of carboxylic acids is 2. The minimum Gasteiger partial charge on any atom is -0.481 e. The molecule has 7 amide bonds. The van der Waals surface area contributed by atoms with Crippen molar-refractivity contribution in [1.82, 2.24) is 47.5 Å². The Bertz CT molecular complexity index is 2350. The van der Waals surface area contributed by atoms with Crippen LogP contribution in [0.4, 0.5) is 0 Å². The number of nitrogens with one attached hydrogen (secondary N) is 9. The number of carboxylic acid groups (broad SMARTS) is 2. The first-order valence-electron chi connectivity index (χ1n) is 24.2. The first-order valence-corrected chi connectivity index (χ1v) is 24.2. The second-order valence-corrected chi connectivity index (χ2v) is 19.2. The van der Waals surface area contributed by atoms with Gasteiger partial charge in [0.1, 0.15) is 30.2 Å². The number of aromatic amines is 1. The molecule has 0 aliphatic carbocycles. The van der Waals surface area contributed by atoms with Crippen LogP contribution in [-0.2, 0) is 51.3 Å². The van der Waals surface area contributed by atoms with E-state index in [0.29, 0.717) is 5.56 Å². The minimum absolute atomic E-state index is 0.00129. The summed E-state index contributed by atoms with van der Waals surface area (Å²) in [6.45, 7) is 13.5. The van der Waals surface area contributed by atoms with Crippen LogP contribution >= 0.6 is 0 Å². The van der Waals surface area contributed by atoms with E-state index in [-0.39, 0.29) is 69.1 Å². The van der Waals surface area contributed by atoms with E-state index in [0.717, 1.165) is 16.5 Å². The Morgan fingerprint density at radius 3 is 1.88 bits per heavy atom. The lowest BCUT2D eigenvalue weighted by Crippen LogP contribution is -2.59. The molecule has 72 heavy (non-hydrogen) atoms. The highest BCUT2D eigenvalue weighted by molar-refractivity contribution is 5.99. The second kappa shape index (κ2) is 28.8. The van der Waals surface area contributed by atoms with E-state index < -0.39 is 108 Å². The van der Waals surface area contributed by atoms with Crippen LogP contribution in [0.15, 0.2) is 54.7 Å². The monoisotopic (exact) mass is 1010 g/mol. The number of H-pyrrole nitrogens is 1. The molecular formula is C50H74N10O12. The molecule has 0 saturated carbocycles. The summed E-state index contributed by atoms with van der Waals surface area (Å²) in [7, 11) is 0. The molecule has 396 valence electrons. The Hall–Kier alpha value is -6.91. The lowest BCUT2D eigenvalue weighted by molar-refractivity contribution is -0.144. The van der Waals surface area contributed by atoms with Crippen molar-refractivity contribution in [3.63, 3.8) is 0 Å². The van der Waals surface area contributed by atoms with Gasteiger partial charge in [0.25, 0.3) is 5.91 Å². The molecule has 1 heterocycles. The number of para-hydroxylation sites is 1. The van der Waals surface area contributed by atoms with Gasteiger partial charge in [0.2, 0.25) is 35.4 Å². The number of fused-ring (bicyclic) bond motifs is 1. The summed E-state index contributed by atoms with van der Waals surface area (Å²) < 4.78 is 0. The topological polar surface area (TPSA) is 352 Å². The van der Waals surface area contributed by atoms with Crippen molar-refractivity contribution in [2.24, 2.45) is 23.5 Å². The van der Waals surface area contributed by atoms with E-state index in [2.05, 4.69) is 47.5 Å². The average molecular weight is 1010 g/mol. The number of aliphatic carboxylic acids is 2. The number of carbonyl (C=O) groups is 9. The number of carbonyl (C=O) groups excluding carboxylic acids is 7. The molecule has 0 aliphatic heterocycles. The number of hydrogen-bond donors (Lipinski definition) is 13. The van der Waals surface area contributed by atoms with Crippen LogP contribution in [0.1, 0.15) is 103 Å². The third-order valence-corrected chi connectivity index (χ3v) is 11.6.